The summed E-state index contributed by atoms with van der Waals surface area (Å²) in [6.45, 7) is 5.04. The van der Waals surface area contributed by atoms with Gasteiger partial charge in [-0.1, -0.05) is 0 Å². The molecule has 1 aliphatic heterocycles. The van der Waals surface area contributed by atoms with Crippen molar-refractivity contribution in [3.05, 3.63) is 0 Å². The van der Waals surface area contributed by atoms with E-state index in [1.165, 1.54) is 4.90 Å². The number of carbonyl (C=O) groups excluding carboxylic acids is 1. The normalized spacial score (nSPS) is 24.6. The summed E-state index contributed by atoms with van der Waals surface area (Å²) in [6.07, 6.45) is 0.00529. The van der Waals surface area contributed by atoms with E-state index in [4.69, 9.17) is 8.92 Å². The topological polar surface area (TPSA) is 93.1 Å². The van der Waals surface area contributed by atoms with Crippen molar-refractivity contribution in [2.75, 3.05) is 19.4 Å². The molecule has 0 aromatic rings. The summed E-state index contributed by atoms with van der Waals surface area (Å²) >= 11 is 0. The lowest BCUT2D eigenvalue weighted by molar-refractivity contribution is 0.0166. The highest BCUT2D eigenvalue weighted by atomic mass is 32.2. The maximum atomic E-state index is 11.9. The third-order valence-corrected chi connectivity index (χ3v) is 3.15. The van der Waals surface area contributed by atoms with Crippen molar-refractivity contribution in [1.82, 2.24) is 4.90 Å². The molecule has 7 nitrogen and oxygen atoms in total. The molecule has 0 aromatic heterocycles. The molecule has 1 rings (SSSR count). The van der Waals surface area contributed by atoms with Gasteiger partial charge in [0.1, 0.15) is 5.60 Å². The number of amides is 1. The van der Waals surface area contributed by atoms with Gasteiger partial charge < -0.3 is 14.7 Å². The van der Waals surface area contributed by atoms with Crippen LogP contribution in [0.25, 0.3) is 0 Å². The number of carbonyl (C=O) groups is 1. The molecule has 19 heavy (non-hydrogen) atoms. The first-order chi connectivity index (χ1) is 8.52. The van der Waals surface area contributed by atoms with E-state index in [2.05, 4.69) is 0 Å². The van der Waals surface area contributed by atoms with Crippen LogP contribution >= 0.6 is 0 Å². The Morgan fingerprint density at radius 3 is 2.42 bits per heavy atom. The largest absolute Gasteiger partial charge is 0.444 e. The molecule has 1 amide bonds. The Bertz CT molecular complexity index is 427. The zero-order chi connectivity index (χ0) is 14.8. The summed E-state index contributed by atoms with van der Waals surface area (Å²) in [4.78, 5) is 13.2. The SMILES string of the molecule is CC(C)(C)OC(=O)N1CC(OS(C)(=O)=O)CC1CO. The van der Waals surface area contributed by atoms with Crippen LogP contribution in [-0.2, 0) is 19.0 Å². The molecule has 1 aliphatic rings. The van der Waals surface area contributed by atoms with Crippen LogP contribution in [0.3, 0.4) is 0 Å². The van der Waals surface area contributed by atoms with E-state index >= 15 is 0 Å². The second-order valence-corrected chi connectivity index (χ2v) is 7.23. The van der Waals surface area contributed by atoms with Crippen molar-refractivity contribution >= 4 is 16.2 Å². The molecule has 8 heteroatoms. The van der Waals surface area contributed by atoms with Gasteiger partial charge in [-0.2, -0.15) is 8.42 Å². The maximum Gasteiger partial charge on any atom is 0.410 e. The van der Waals surface area contributed by atoms with Crippen LogP contribution in [0.1, 0.15) is 27.2 Å². The number of aliphatic hydroxyl groups excluding tert-OH is 1. The minimum absolute atomic E-state index is 0.0905. The standard InChI is InChI=1S/C11H21NO6S/c1-11(2,3)17-10(14)12-6-9(5-8(12)7-13)18-19(4,15)16/h8-9,13H,5-7H2,1-4H3. The predicted octanol–water partition coefficient (Wildman–Crippen LogP) is 0.333. The van der Waals surface area contributed by atoms with Gasteiger partial charge in [-0.3, -0.25) is 4.18 Å². The van der Waals surface area contributed by atoms with Crippen LogP contribution in [0.4, 0.5) is 4.79 Å². The molecular formula is C11H21NO6S. The van der Waals surface area contributed by atoms with Crippen molar-refractivity contribution in [3.63, 3.8) is 0 Å². The number of hydrogen-bond acceptors (Lipinski definition) is 6. The fraction of sp³-hybridized carbons (Fsp3) is 0.909. The van der Waals surface area contributed by atoms with Crippen LogP contribution in [-0.4, -0.2) is 61.7 Å². The van der Waals surface area contributed by atoms with Gasteiger partial charge in [0.05, 0.1) is 31.6 Å². The molecule has 0 saturated carbocycles. The van der Waals surface area contributed by atoms with Crippen LogP contribution < -0.4 is 0 Å². The molecule has 0 spiro atoms. The second kappa shape index (κ2) is 5.64. The Balaban J connectivity index is 2.70. The van der Waals surface area contributed by atoms with Gasteiger partial charge in [-0.25, -0.2) is 4.79 Å². The zero-order valence-corrected chi connectivity index (χ0v) is 12.4. The fourth-order valence-electron chi connectivity index (χ4n) is 1.91. The number of nitrogens with zero attached hydrogens (tertiary/aromatic N) is 1. The van der Waals surface area contributed by atoms with E-state index in [1.54, 1.807) is 20.8 Å². The number of rotatable bonds is 3. The second-order valence-electron chi connectivity index (χ2n) is 5.63. The molecule has 2 atom stereocenters. The Morgan fingerprint density at radius 2 is 2.00 bits per heavy atom. The van der Waals surface area contributed by atoms with Crippen molar-refractivity contribution in [1.29, 1.82) is 0 Å². The Labute approximate surface area is 113 Å². The summed E-state index contributed by atoms with van der Waals surface area (Å²) in [5, 5.41) is 9.25. The van der Waals surface area contributed by atoms with Crippen molar-refractivity contribution in [3.8, 4) is 0 Å². The van der Waals surface area contributed by atoms with E-state index in [0.29, 0.717) is 0 Å². The van der Waals surface area contributed by atoms with Gasteiger partial charge in [0.25, 0.3) is 10.1 Å². The van der Waals surface area contributed by atoms with Gasteiger partial charge in [0, 0.05) is 0 Å². The zero-order valence-electron chi connectivity index (χ0n) is 11.6. The highest BCUT2D eigenvalue weighted by Gasteiger charge is 2.39. The van der Waals surface area contributed by atoms with Crippen LogP contribution in [0.5, 0.6) is 0 Å². The maximum absolute atomic E-state index is 11.9. The highest BCUT2D eigenvalue weighted by Crippen LogP contribution is 2.23. The first-order valence-electron chi connectivity index (χ1n) is 6.00. The van der Waals surface area contributed by atoms with Crippen molar-refractivity contribution in [2.45, 2.75) is 44.9 Å². The van der Waals surface area contributed by atoms with Crippen LogP contribution in [0.15, 0.2) is 0 Å². The summed E-state index contributed by atoms with van der Waals surface area (Å²) in [7, 11) is -3.58. The van der Waals surface area contributed by atoms with Crippen molar-refractivity contribution < 1.29 is 27.2 Å². The van der Waals surface area contributed by atoms with Gasteiger partial charge in [-0.05, 0) is 27.2 Å². The highest BCUT2D eigenvalue weighted by molar-refractivity contribution is 7.86. The van der Waals surface area contributed by atoms with E-state index in [1.807, 2.05) is 0 Å². The fourth-order valence-corrected chi connectivity index (χ4v) is 2.54. The summed E-state index contributed by atoms with van der Waals surface area (Å²) in [5.74, 6) is 0. The van der Waals surface area contributed by atoms with Crippen LogP contribution in [0, 0.1) is 0 Å². The molecule has 0 bridgehead atoms. The smallest absolute Gasteiger partial charge is 0.410 e. The van der Waals surface area contributed by atoms with Crippen LogP contribution in [0.2, 0.25) is 0 Å². The minimum atomic E-state index is -3.58. The Kier molecular flexibility index (Phi) is 4.81. The van der Waals surface area contributed by atoms with Gasteiger partial charge in [0.2, 0.25) is 0 Å². The third kappa shape index (κ3) is 5.33. The molecule has 1 heterocycles. The van der Waals surface area contributed by atoms with Crippen molar-refractivity contribution in [2.24, 2.45) is 0 Å². The summed E-state index contributed by atoms with van der Waals surface area (Å²) in [5.41, 5.74) is -0.646. The molecule has 0 radical (unpaired) electrons. The molecular weight excluding hydrogens is 274 g/mol. The van der Waals surface area contributed by atoms with Gasteiger partial charge >= 0.3 is 6.09 Å². The minimum Gasteiger partial charge on any atom is -0.444 e. The van der Waals surface area contributed by atoms with E-state index in [-0.39, 0.29) is 19.6 Å². The average molecular weight is 295 g/mol. The number of likely N-dealkylation sites (tertiary alicyclic amines) is 1. The lowest BCUT2D eigenvalue weighted by Gasteiger charge is -2.27. The van der Waals surface area contributed by atoms with Gasteiger partial charge in [0.15, 0.2) is 0 Å². The molecule has 112 valence electrons. The number of aliphatic hydroxyl groups is 1. The summed E-state index contributed by atoms with van der Waals surface area (Å²) in [6, 6.07) is -0.485. The quantitative estimate of drug-likeness (QED) is 0.754. The van der Waals surface area contributed by atoms with Gasteiger partial charge in [-0.15, -0.1) is 0 Å². The molecule has 2 unspecified atom stereocenters. The first-order valence-corrected chi connectivity index (χ1v) is 7.82. The average Bonchev–Trinajstić information content (AvgIpc) is 2.55. The van der Waals surface area contributed by atoms with E-state index < -0.39 is 34.0 Å². The van der Waals surface area contributed by atoms with E-state index in [0.717, 1.165) is 6.26 Å². The monoisotopic (exact) mass is 295 g/mol. The molecule has 1 fully saturated rings. The lowest BCUT2D eigenvalue weighted by Crippen LogP contribution is -2.41. The first kappa shape index (κ1) is 16.2. The third-order valence-electron chi connectivity index (χ3n) is 2.53. The Morgan fingerprint density at radius 1 is 1.42 bits per heavy atom. The predicted molar refractivity (Wildman–Crippen MR) is 68.1 cm³/mol. The lowest BCUT2D eigenvalue weighted by atomic mass is 10.2. The summed E-state index contributed by atoms with van der Waals surface area (Å²) < 4.78 is 32.2. The van der Waals surface area contributed by atoms with E-state index in [9.17, 15) is 18.3 Å². The molecule has 0 aromatic carbocycles. The molecule has 0 aliphatic carbocycles. The number of ether oxygens (including phenoxy) is 1. The molecule has 1 N–H and O–H groups in total. The number of hydrogen-bond donors (Lipinski definition) is 1. The Hall–Kier alpha value is -0.860. The molecule has 1 saturated heterocycles.